The summed E-state index contributed by atoms with van der Waals surface area (Å²) in [5.41, 5.74) is 6.14. The third-order valence-electron chi connectivity index (χ3n) is 3.64. The van der Waals surface area contributed by atoms with Crippen LogP contribution < -0.4 is 5.73 Å². The van der Waals surface area contributed by atoms with Crippen molar-refractivity contribution < 1.29 is 14.4 Å². The monoisotopic (exact) mass is 275 g/mol. The smallest absolute Gasteiger partial charge is 0.258 e. The van der Waals surface area contributed by atoms with Crippen molar-refractivity contribution in [2.45, 2.75) is 31.8 Å². The summed E-state index contributed by atoms with van der Waals surface area (Å²) in [5.74, 6) is 0.969. The zero-order valence-corrected chi connectivity index (χ0v) is 11.3. The van der Waals surface area contributed by atoms with Crippen LogP contribution in [-0.4, -0.2) is 21.9 Å². The number of benzene rings is 1. The van der Waals surface area contributed by atoms with Gasteiger partial charge in [0.1, 0.15) is 11.4 Å². The first-order valence-corrected chi connectivity index (χ1v) is 6.65. The van der Waals surface area contributed by atoms with Gasteiger partial charge in [-0.05, 0) is 44.4 Å². The molecule has 0 aliphatic carbocycles. The Morgan fingerprint density at radius 1 is 1.35 bits per heavy atom. The average molecular weight is 275 g/mol. The summed E-state index contributed by atoms with van der Waals surface area (Å²) >= 11 is 0. The van der Waals surface area contributed by atoms with Gasteiger partial charge < -0.3 is 20.1 Å². The second-order valence-corrected chi connectivity index (χ2v) is 5.23. The van der Waals surface area contributed by atoms with E-state index < -0.39 is 5.60 Å². The summed E-state index contributed by atoms with van der Waals surface area (Å²) in [6, 6.07) is 4.80. The number of ether oxygens (including phenoxy) is 1. The van der Waals surface area contributed by atoms with Crippen LogP contribution in [0, 0.1) is 0 Å². The van der Waals surface area contributed by atoms with Crippen molar-refractivity contribution in [3.05, 3.63) is 24.0 Å². The molecule has 2 heterocycles. The number of nitrogen functional groups attached to an aromatic ring is 1. The highest BCUT2D eigenvalue weighted by Crippen LogP contribution is 2.34. The molecule has 1 aliphatic rings. The highest BCUT2D eigenvalue weighted by molar-refractivity contribution is 5.64. The lowest BCUT2D eigenvalue weighted by molar-refractivity contribution is -0.0770. The molecule has 20 heavy (non-hydrogen) atoms. The van der Waals surface area contributed by atoms with E-state index in [2.05, 4.69) is 10.1 Å². The van der Waals surface area contributed by atoms with Crippen molar-refractivity contribution in [1.29, 1.82) is 0 Å². The number of hydrogen-bond donors (Lipinski definition) is 2. The molecule has 0 saturated carbocycles. The molecule has 1 unspecified atom stereocenters. The first-order valence-electron chi connectivity index (χ1n) is 6.65. The van der Waals surface area contributed by atoms with E-state index >= 15 is 0 Å². The summed E-state index contributed by atoms with van der Waals surface area (Å²) in [5, 5.41) is 13.5. The molecule has 0 radical (unpaired) electrons. The molecule has 3 rings (SSSR count). The highest BCUT2D eigenvalue weighted by Gasteiger charge is 2.35. The number of hydrogen-bond acceptors (Lipinski definition) is 6. The third kappa shape index (κ3) is 2.22. The molecule has 106 valence electrons. The van der Waals surface area contributed by atoms with Crippen LogP contribution in [0.5, 0.6) is 5.75 Å². The molecule has 1 aromatic carbocycles. The summed E-state index contributed by atoms with van der Waals surface area (Å²) in [4.78, 5) is 4.41. The molecule has 6 heteroatoms. The molecule has 0 amide bonds. The Kier molecular flexibility index (Phi) is 3.10. The van der Waals surface area contributed by atoms with Crippen molar-refractivity contribution in [1.82, 2.24) is 10.1 Å². The standard InChI is InChI=1S/C14H17N3O3/c1-14(6-2-3-7-19-14)13-16-12(20-17-13)9-4-5-11(18)10(15)8-9/h4-5,8,18H,2-3,6-7,15H2,1H3. The Morgan fingerprint density at radius 3 is 2.90 bits per heavy atom. The molecule has 0 bridgehead atoms. The molecular weight excluding hydrogens is 258 g/mol. The second kappa shape index (κ2) is 4.79. The van der Waals surface area contributed by atoms with Gasteiger partial charge in [-0.15, -0.1) is 0 Å². The van der Waals surface area contributed by atoms with Crippen molar-refractivity contribution in [3.63, 3.8) is 0 Å². The minimum Gasteiger partial charge on any atom is -0.506 e. The molecule has 1 aromatic heterocycles. The minimum absolute atomic E-state index is 0.0380. The number of aromatic hydroxyl groups is 1. The van der Waals surface area contributed by atoms with E-state index in [0.717, 1.165) is 19.3 Å². The van der Waals surface area contributed by atoms with E-state index in [0.29, 0.717) is 23.9 Å². The van der Waals surface area contributed by atoms with Gasteiger partial charge in [0.25, 0.3) is 5.89 Å². The van der Waals surface area contributed by atoms with Crippen LogP contribution in [0.4, 0.5) is 5.69 Å². The number of nitrogens with zero attached hydrogens (tertiary/aromatic N) is 2. The topological polar surface area (TPSA) is 94.4 Å². The number of aromatic nitrogens is 2. The van der Waals surface area contributed by atoms with Crippen LogP contribution in [0.2, 0.25) is 0 Å². The number of nitrogens with two attached hydrogens (primary N) is 1. The number of phenolic OH excluding ortho intramolecular Hbond substituents is 1. The van der Waals surface area contributed by atoms with E-state index in [1.165, 1.54) is 6.07 Å². The third-order valence-corrected chi connectivity index (χ3v) is 3.64. The Labute approximate surface area is 116 Å². The predicted molar refractivity (Wildman–Crippen MR) is 73.0 cm³/mol. The molecule has 3 N–H and O–H groups in total. The zero-order chi connectivity index (χ0) is 14.2. The van der Waals surface area contributed by atoms with Gasteiger partial charge in [0.05, 0.1) is 5.69 Å². The maximum atomic E-state index is 9.43. The molecule has 6 nitrogen and oxygen atoms in total. The van der Waals surface area contributed by atoms with Crippen LogP contribution in [0.1, 0.15) is 32.0 Å². The van der Waals surface area contributed by atoms with Crippen LogP contribution in [-0.2, 0) is 10.3 Å². The minimum atomic E-state index is -0.484. The quantitative estimate of drug-likeness (QED) is 0.645. The van der Waals surface area contributed by atoms with E-state index in [9.17, 15) is 5.11 Å². The lowest BCUT2D eigenvalue weighted by Crippen LogP contribution is -2.31. The Morgan fingerprint density at radius 2 is 2.20 bits per heavy atom. The number of anilines is 1. The van der Waals surface area contributed by atoms with Gasteiger partial charge in [-0.3, -0.25) is 0 Å². The van der Waals surface area contributed by atoms with Crippen LogP contribution in [0.25, 0.3) is 11.5 Å². The average Bonchev–Trinajstić information content (AvgIpc) is 2.93. The SMILES string of the molecule is CC1(c2noc(-c3ccc(O)c(N)c3)n2)CCCCO1. The zero-order valence-electron chi connectivity index (χ0n) is 11.3. The van der Waals surface area contributed by atoms with Gasteiger partial charge in [-0.25, -0.2) is 0 Å². The summed E-state index contributed by atoms with van der Waals surface area (Å²) < 4.78 is 11.1. The molecular formula is C14H17N3O3. The maximum absolute atomic E-state index is 9.43. The largest absolute Gasteiger partial charge is 0.506 e. The summed E-state index contributed by atoms with van der Waals surface area (Å²) in [7, 11) is 0. The van der Waals surface area contributed by atoms with Crippen LogP contribution in [0.15, 0.2) is 22.7 Å². The van der Waals surface area contributed by atoms with E-state index in [1.54, 1.807) is 12.1 Å². The molecule has 1 atom stereocenters. The van der Waals surface area contributed by atoms with Gasteiger partial charge in [0, 0.05) is 12.2 Å². The molecule has 1 fully saturated rings. The van der Waals surface area contributed by atoms with Crippen LogP contribution >= 0.6 is 0 Å². The fourth-order valence-corrected chi connectivity index (χ4v) is 2.35. The maximum Gasteiger partial charge on any atom is 0.258 e. The van der Waals surface area contributed by atoms with Crippen molar-refractivity contribution in [2.75, 3.05) is 12.3 Å². The number of rotatable bonds is 2. The Bertz CT molecular complexity index is 618. The molecule has 2 aromatic rings. The van der Waals surface area contributed by atoms with E-state index in [1.807, 2.05) is 6.92 Å². The van der Waals surface area contributed by atoms with Gasteiger partial charge >= 0.3 is 0 Å². The number of phenols is 1. The predicted octanol–water partition coefficient (Wildman–Crippen LogP) is 2.44. The van der Waals surface area contributed by atoms with E-state index in [4.69, 9.17) is 15.0 Å². The van der Waals surface area contributed by atoms with Crippen molar-refractivity contribution >= 4 is 5.69 Å². The second-order valence-electron chi connectivity index (χ2n) is 5.23. The van der Waals surface area contributed by atoms with Crippen molar-refractivity contribution in [2.24, 2.45) is 0 Å². The fraction of sp³-hybridized carbons (Fsp3) is 0.429. The molecule has 0 spiro atoms. The highest BCUT2D eigenvalue weighted by atomic mass is 16.5. The lowest BCUT2D eigenvalue weighted by atomic mass is 9.95. The summed E-state index contributed by atoms with van der Waals surface area (Å²) in [6.07, 6.45) is 3.03. The Hall–Kier alpha value is -2.08. The normalized spacial score (nSPS) is 22.9. The van der Waals surface area contributed by atoms with Crippen LogP contribution in [0.3, 0.4) is 0 Å². The first-order chi connectivity index (χ1) is 9.58. The van der Waals surface area contributed by atoms with Gasteiger partial charge in [-0.1, -0.05) is 5.16 Å². The summed E-state index contributed by atoms with van der Waals surface area (Å²) in [6.45, 7) is 2.69. The van der Waals surface area contributed by atoms with Gasteiger partial charge in [0.15, 0.2) is 0 Å². The molecule has 1 saturated heterocycles. The fourth-order valence-electron chi connectivity index (χ4n) is 2.35. The van der Waals surface area contributed by atoms with E-state index in [-0.39, 0.29) is 11.4 Å². The van der Waals surface area contributed by atoms with Crippen molar-refractivity contribution in [3.8, 4) is 17.2 Å². The molecule has 1 aliphatic heterocycles. The Balaban J connectivity index is 1.91. The first kappa shape index (κ1) is 12.9. The van der Waals surface area contributed by atoms with Gasteiger partial charge in [0.2, 0.25) is 5.82 Å². The lowest BCUT2D eigenvalue weighted by Gasteiger charge is -2.30. The van der Waals surface area contributed by atoms with Gasteiger partial charge in [-0.2, -0.15) is 4.98 Å².